The number of rotatable bonds is 4. The molecule has 4 atom stereocenters. The number of hydrogen-bond acceptors (Lipinski definition) is 3. The molecule has 1 aromatic carbocycles. The second-order valence-electron chi connectivity index (χ2n) is 6.36. The van der Waals surface area contributed by atoms with Crippen molar-refractivity contribution in [3.8, 4) is 0 Å². The van der Waals surface area contributed by atoms with Gasteiger partial charge in [-0.15, -0.1) is 0 Å². The van der Waals surface area contributed by atoms with Gasteiger partial charge >= 0.3 is 0 Å². The molecule has 3 heterocycles. The summed E-state index contributed by atoms with van der Waals surface area (Å²) in [7, 11) is 0. The Labute approximate surface area is 125 Å². The zero-order valence-corrected chi connectivity index (χ0v) is 12.1. The van der Waals surface area contributed by atoms with Gasteiger partial charge in [-0.05, 0) is 24.3 Å². The van der Waals surface area contributed by atoms with E-state index in [-0.39, 0.29) is 18.1 Å². The van der Waals surface area contributed by atoms with Gasteiger partial charge in [0.05, 0.1) is 37.9 Å². The van der Waals surface area contributed by atoms with Gasteiger partial charge in [0.25, 0.3) is 0 Å². The molecule has 0 N–H and O–H groups in total. The van der Waals surface area contributed by atoms with E-state index in [2.05, 4.69) is 12.1 Å². The van der Waals surface area contributed by atoms with Crippen LogP contribution in [0.4, 0.5) is 0 Å². The quantitative estimate of drug-likeness (QED) is 0.850. The molecule has 3 fully saturated rings. The monoisotopic (exact) mass is 287 g/mol. The molecule has 4 heteroatoms. The molecule has 4 rings (SSSR count). The topological polar surface area (TPSA) is 38.8 Å². The lowest BCUT2D eigenvalue weighted by Gasteiger charge is -2.36. The number of ether oxygens (including phenoxy) is 2. The van der Waals surface area contributed by atoms with Crippen LogP contribution >= 0.6 is 0 Å². The Morgan fingerprint density at radius 1 is 1.29 bits per heavy atom. The van der Waals surface area contributed by atoms with Crippen LogP contribution in [-0.2, 0) is 20.9 Å². The molecule has 21 heavy (non-hydrogen) atoms. The zero-order valence-electron chi connectivity index (χ0n) is 12.1. The van der Waals surface area contributed by atoms with E-state index in [1.54, 1.807) is 0 Å². The van der Waals surface area contributed by atoms with E-state index < -0.39 is 0 Å². The van der Waals surface area contributed by atoms with Crippen molar-refractivity contribution < 1.29 is 14.3 Å². The minimum atomic E-state index is 0.101. The van der Waals surface area contributed by atoms with E-state index in [1.807, 2.05) is 23.1 Å². The molecular formula is C17H21NO3. The smallest absolute Gasteiger partial charge is 0.225 e. The van der Waals surface area contributed by atoms with Crippen molar-refractivity contribution in [1.29, 1.82) is 0 Å². The van der Waals surface area contributed by atoms with Crippen molar-refractivity contribution in [3.05, 3.63) is 35.9 Å². The highest BCUT2D eigenvalue weighted by Crippen LogP contribution is 2.42. The minimum Gasteiger partial charge on any atom is -0.374 e. The standard InChI is InChI=1S/C17H21NO3/c19-16-9-15-17-13(6-7-18(16)17)8-14(21-15)11-20-10-12-4-2-1-3-5-12/h1-5,13-15,17H,6-11H2/t13-,14-,15+,17-/m1/s1. The van der Waals surface area contributed by atoms with E-state index >= 15 is 0 Å². The largest absolute Gasteiger partial charge is 0.374 e. The van der Waals surface area contributed by atoms with Crippen molar-refractivity contribution in [2.24, 2.45) is 5.92 Å². The normalized spacial score (nSPS) is 34.3. The highest BCUT2D eigenvalue weighted by molar-refractivity contribution is 5.80. The molecule has 112 valence electrons. The van der Waals surface area contributed by atoms with Gasteiger partial charge in [-0.25, -0.2) is 0 Å². The molecule has 0 aromatic heterocycles. The summed E-state index contributed by atoms with van der Waals surface area (Å²) >= 11 is 0. The summed E-state index contributed by atoms with van der Waals surface area (Å²) in [6.45, 7) is 2.18. The first kappa shape index (κ1) is 13.3. The Morgan fingerprint density at radius 2 is 2.14 bits per heavy atom. The lowest BCUT2D eigenvalue weighted by molar-refractivity contribution is -0.128. The fraction of sp³-hybridized carbons (Fsp3) is 0.588. The van der Waals surface area contributed by atoms with Gasteiger partial charge in [-0.3, -0.25) is 4.79 Å². The van der Waals surface area contributed by atoms with Crippen LogP contribution in [-0.4, -0.2) is 42.2 Å². The number of amides is 1. The molecule has 0 bridgehead atoms. The molecule has 3 aliphatic rings. The summed E-state index contributed by atoms with van der Waals surface area (Å²) in [6.07, 6.45) is 2.97. The van der Waals surface area contributed by atoms with Crippen LogP contribution < -0.4 is 0 Å². The van der Waals surface area contributed by atoms with E-state index in [9.17, 15) is 4.79 Å². The summed E-state index contributed by atoms with van der Waals surface area (Å²) in [5.41, 5.74) is 1.19. The van der Waals surface area contributed by atoms with Crippen molar-refractivity contribution in [3.63, 3.8) is 0 Å². The van der Waals surface area contributed by atoms with Crippen molar-refractivity contribution in [2.75, 3.05) is 13.2 Å². The summed E-state index contributed by atoms with van der Waals surface area (Å²) in [4.78, 5) is 14.0. The van der Waals surface area contributed by atoms with Gasteiger partial charge in [-0.1, -0.05) is 30.3 Å². The molecular weight excluding hydrogens is 266 g/mol. The molecule has 3 aliphatic heterocycles. The molecule has 0 unspecified atom stereocenters. The Hall–Kier alpha value is -1.39. The average Bonchev–Trinajstić information content (AvgIpc) is 3.06. The summed E-state index contributed by atoms with van der Waals surface area (Å²) in [5.74, 6) is 0.888. The fourth-order valence-corrected chi connectivity index (χ4v) is 4.10. The van der Waals surface area contributed by atoms with Crippen LogP contribution in [0.1, 0.15) is 24.8 Å². The predicted molar refractivity (Wildman–Crippen MR) is 77.6 cm³/mol. The summed E-state index contributed by atoms with van der Waals surface area (Å²) in [6, 6.07) is 10.6. The number of benzene rings is 1. The molecule has 1 aromatic rings. The third-order valence-electron chi connectivity index (χ3n) is 5.01. The third kappa shape index (κ3) is 2.47. The first-order valence-electron chi connectivity index (χ1n) is 7.88. The Balaban J connectivity index is 1.32. The van der Waals surface area contributed by atoms with Gasteiger partial charge in [0.1, 0.15) is 0 Å². The first-order valence-corrected chi connectivity index (χ1v) is 7.88. The summed E-state index contributed by atoms with van der Waals surface area (Å²) in [5, 5.41) is 0. The highest BCUT2D eigenvalue weighted by Gasteiger charge is 2.52. The molecule has 3 saturated heterocycles. The molecule has 4 nitrogen and oxygen atoms in total. The van der Waals surface area contributed by atoms with Crippen LogP contribution in [0.15, 0.2) is 30.3 Å². The van der Waals surface area contributed by atoms with Crippen LogP contribution in [0.2, 0.25) is 0 Å². The molecule has 0 radical (unpaired) electrons. The molecule has 1 amide bonds. The Kier molecular flexibility index (Phi) is 3.43. The lowest BCUT2D eigenvalue weighted by atomic mass is 9.88. The van der Waals surface area contributed by atoms with E-state index in [0.29, 0.717) is 31.6 Å². The van der Waals surface area contributed by atoms with Gasteiger partial charge in [0.15, 0.2) is 0 Å². The van der Waals surface area contributed by atoms with E-state index in [0.717, 1.165) is 19.4 Å². The number of carbonyl (C=O) groups is 1. The maximum absolute atomic E-state index is 11.9. The van der Waals surface area contributed by atoms with Crippen molar-refractivity contribution in [2.45, 2.75) is 44.1 Å². The van der Waals surface area contributed by atoms with Gasteiger partial charge in [-0.2, -0.15) is 0 Å². The number of hydrogen-bond donors (Lipinski definition) is 0. The van der Waals surface area contributed by atoms with E-state index in [1.165, 1.54) is 5.56 Å². The van der Waals surface area contributed by atoms with Crippen LogP contribution in [0.25, 0.3) is 0 Å². The van der Waals surface area contributed by atoms with Crippen LogP contribution in [0.3, 0.4) is 0 Å². The average molecular weight is 287 g/mol. The second kappa shape index (κ2) is 5.43. The number of carbonyl (C=O) groups excluding carboxylic acids is 1. The van der Waals surface area contributed by atoms with Gasteiger partial charge < -0.3 is 14.4 Å². The van der Waals surface area contributed by atoms with Crippen molar-refractivity contribution in [1.82, 2.24) is 4.90 Å². The first-order chi connectivity index (χ1) is 10.3. The lowest BCUT2D eigenvalue weighted by Crippen LogP contribution is -2.45. The number of nitrogens with zero attached hydrogens (tertiary/aromatic N) is 1. The fourth-order valence-electron chi connectivity index (χ4n) is 4.10. The maximum atomic E-state index is 11.9. The Morgan fingerprint density at radius 3 is 3.00 bits per heavy atom. The molecule has 0 aliphatic carbocycles. The van der Waals surface area contributed by atoms with Gasteiger partial charge in [0, 0.05) is 6.54 Å². The van der Waals surface area contributed by atoms with Gasteiger partial charge in [0.2, 0.25) is 5.91 Å². The third-order valence-corrected chi connectivity index (χ3v) is 5.01. The van der Waals surface area contributed by atoms with Crippen LogP contribution in [0.5, 0.6) is 0 Å². The SMILES string of the molecule is O=C1C[C@@H]2O[C@@H](COCc3ccccc3)C[C@H]3CCN1[C@H]32. The van der Waals surface area contributed by atoms with Crippen LogP contribution in [0, 0.1) is 5.92 Å². The summed E-state index contributed by atoms with van der Waals surface area (Å²) < 4.78 is 11.9. The predicted octanol–water partition coefficient (Wildman–Crippen LogP) is 1.98. The highest BCUT2D eigenvalue weighted by atomic mass is 16.5. The minimum absolute atomic E-state index is 0.101. The van der Waals surface area contributed by atoms with E-state index in [4.69, 9.17) is 9.47 Å². The maximum Gasteiger partial charge on any atom is 0.225 e. The zero-order chi connectivity index (χ0) is 14.2. The van der Waals surface area contributed by atoms with Crippen molar-refractivity contribution >= 4 is 5.91 Å². The second-order valence-corrected chi connectivity index (χ2v) is 6.36. The Bertz CT molecular complexity index is 518. The molecule has 0 spiro atoms. The molecule has 0 saturated carbocycles.